The Labute approximate surface area is 211 Å². The van der Waals surface area contributed by atoms with E-state index in [-0.39, 0.29) is 41.7 Å². The zero-order chi connectivity index (χ0) is 25.4. The summed E-state index contributed by atoms with van der Waals surface area (Å²) in [5, 5.41) is 2.86. The summed E-state index contributed by atoms with van der Waals surface area (Å²) in [7, 11) is 3.93. The van der Waals surface area contributed by atoms with E-state index in [2.05, 4.69) is 26.1 Å². The van der Waals surface area contributed by atoms with Crippen LogP contribution in [-0.2, 0) is 19.1 Å². The lowest BCUT2D eigenvalue weighted by Gasteiger charge is -2.58. The quantitative estimate of drug-likeness (QED) is 0.511. The molecule has 196 valence electrons. The molecule has 0 aromatic carbocycles. The molecule has 1 amide bonds. The summed E-state index contributed by atoms with van der Waals surface area (Å²) < 4.78 is 5.92. The summed E-state index contributed by atoms with van der Waals surface area (Å²) in [5.41, 5.74) is 1.81. The van der Waals surface area contributed by atoms with Crippen molar-refractivity contribution in [1.29, 1.82) is 0 Å². The first-order valence-electron chi connectivity index (χ1n) is 13.9. The molecule has 0 aromatic rings. The molecule has 0 heterocycles. The standard InChI is InChI=1S/C29H46N2O4/c1-19(35-27(34)11-10-26(33)30-16-17-31(4)5)23-8-9-24-22-7-6-20-18-21(32)12-14-28(20,2)25(22)13-15-29(23,24)3/h18-19,22-25H,6-17H2,1-5H3,(H,30,33)/t19-,22?,23+,24?,25?,28-,29+/m0/s1. The van der Waals surface area contributed by atoms with E-state index in [4.69, 9.17) is 4.74 Å². The van der Waals surface area contributed by atoms with Crippen LogP contribution in [-0.4, -0.2) is 55.8 Å². The monoisotopic (exact) mass is 486 g/mol. The Hall–Kier alpha value is -1.69. The predicted molar refractivity (Wildman–Crippen MR) is 137 cm³/mol. The zero-order valence-electron chi connectivity index (χ0n) is 22.5. The van der Waals surface area contributed by atoms with Gasteiger partial charge in [-0.2, -0.15) is 0 Å². The van der Waals surface area contributed by atoms with Gasteiger partial charge in [-0.3, -0.25) is 14.4 Å². The number of amides is 1. The van der Waals surface area contributed by atoms with E-state index in [1.54, 1.807) is 0 Å². The topological polar surface area (TPSA) is 75.7 Å². The minimum absolute atomic E-state index is 0.0914. The van der Waals surface area contributed by atoms with E-state index in [1.807, 2.05) is 25.1 Å². The van der Waals surface area contributed by atoms with Crippen LogP contribution in [0.3, 0.4) is 0 Å². The normalized spacial score (nSPS) is 37.1. The predicted octanol–water partition coefficient (Wildman–Crippen LogP) is 4.52. The van der Waals surface area contributed by atoms with Gasteiger partial charge in [0.15, 0.2) is 5.78 Å². The first kappa shape index (κ1) is 26.4. The largest absolute Gasteiger partial charge is 0.462 e. The molecule has 4 aliphatic rings. The average Bonchev–Trinajstić information content (AvgIpc) is 3.15. The van der Waals surface area contributed by atoms with Gasteiger partial charge in [-0.05, 0) is 101 Å². The van der Waals surface area contributed by atoms with Crippen molar-refractivity contribution in [2.24, 2.45) is 34.5 Å². The summed E-state index contributed by atoms with van der Waals surface area (Å²) in [5.74, 6) is 2.41. The van der Waals surface area contributed by atoms with Gasteiger partial charge < -0.3 is 15.0 Å². The number of ether oxygens (including phenoxy) is 1. The number of likely N-dealkylation sites (N-methyl/N-ethyl adjacent to an activating group) is 1. The van der Waals surface area contributed by atoms with Crippen LogP contribution in [0.5, 0.6) is 0 Å². The first-order chi connectivity index (χ1) is 16.5. The third-order valence-corrected chi connectivity index (χ3v) is 10.4. The fourth-order valence-corrected chi connectivity index (χ4v) is 8.44. The molecule has 1 N–H and O–H groups in total. The first-order valence-corrected chi connectivity index (χ1v) is 13.9. The third-order valence-electron chi connectivity index (χ3n) is 10.4. The Morgan fingerprint density at radius 2 is 1.86 bits per heavy atom. The molecule has 3 fully saturated rings. The van der Waals surface area contributed by atoms with Crippen molar-refractivity contribution >= 4 is 17.7 Å². The van der Waals surface area contributed by atoms with E-state index in [0.717, 1.165) is 25.8 Å². The molecule has 7 atom stereocenters. The number of carbonyl (C=O) groups excluding carboxylic acids is 3. The molecule has 0 bridgehead atoms. The van der Waals surface area contributed by atoms with E-state index < -0.39 is 0 Å². The summed E-state index contributed by atoms with van der Waals surface area (Å²) in [4.78, 5) is 38.7. The van der Waals surface area contributed by atoms with Crippen LogP contribution in [0.2, 0.25) is 0 Å². The lowest BCUT2D eigenvalue weighted by Crippen LogP contribution is -2.51. The number of nitrogens with one attached hydrogen (secondary N) is 1. The molecule has 3 saturated carbocycles. The fraction of sp³-hybridized carbons (Fsp3) is 0.828. The van der Waals surface area contributed by atoms with Gasteiger partial charge in [-0.1, -0.05) is 19.4 Å². The van der Waals surface area contributed by atoms with E-state index in [1.165, 1.54) is 31.3 Å². The molecule has 0 aromatic heterocycles. The second kappa shape index (κ2) is 10.4. The third kappa shape index (κ3) is 5.23. The maximum atomic E-state index is 12.6. The Morgan fingerprint density at radius 3 is 2.60 bits per heavy atom. The van der Waals surface area contributed by atoms with E-state index in [9.17, 15) is 14.4 Å². The number of fused-ring (bicyclic) bond motifs is 5. The molecule has 0 aliphatic heterocycles. The maximum Gasteiger partial charge on any atom is 0.306 e. The number of carbonyl (C=O) groups is 3. The van der Waals surface area contributed by atoms with Crippen molar-refractivity contribution in [2.45, 2.75) is 91.1 Å². The lowest BCUT2D eigenvalue weighted by molar-refractivity contribution is -0.156. The average molecular weight is 487 g/mol. The molecule has 0 radical (unpaired) electrons. The number of nitrogens with zero attached hydrogens (tertiary/aromatic N) is 1. The second-order valence-electron chi connectivity index (χ2n) is 12.5. The highest BCUT2D eigenvalue weighted by atomic mass is 16.5. The van der Waals surface area contributed by atoms with E-state index >= 15 is 0 Å². The SMILES string of the molecule is C[C@H](OC(=O)CCC(=O)NCCN(C)C)[C@H]1CCC2C3CCC4=CC(=O)CC[C@]4(C)C3CC[C@@]21C. The van der Waals surface area contributed by atoms with Crippen LogP contribution in [0.25, 0.3) is 0 Å². The lowest BCUT2D eigenvalue weighted by atomic mass is 9.46. The van der Waals surface area contributed by atoms with Crippen molar-refractivity contribution in [3.63, 3.8) is 0 Å². The van der Waals surface area contributed by atoms with Crippen molar-refractivity contribution < 1.29 is 19.1 Å². The van der Waals surface area contributed by atoms with Crippen molar-refractivity contribution in [1.82, 2.24) is 10.2 Å². The van der Waals surface area contributed by atoms with Crippen LogP contribution in [0.4, 0.5) is 0 Å². The maximum absolute atomic E-state index is 12.6. The number of hydrogen-bond acceptors (Lipinski definition) is 5. The minimum Gasteiger partial charge on any atom is -0.462 e. The molecular weight excluding hydrogens is 440 g/mol. The minimum atomic E-state index is -0.257. The molecule has 3 unspecified atom stereocenters. The van der Waals surface area contributed by atoms with Gasteiger partial charge in [-0.15, -0.1) is 0 Å². The van der Waals surface area contributed by atoms with Gasteiger partial charge in [0.25, 0.3) is 0 Å². The van der Waals surface area contributed by atoms with Crippen molar-refractivity contribution in [3.8, 4) is 0 Å². The molecular formula is C29H46N2O4. The molecule has 4 aliphatic carbocycles. The molecule has 0 saturated heterocycles. The van der Waals surface area contributed by atoms with Gasteiger partial charge >= 0.3 is 5.97 Å². The highest BCUT2D eigenvalue weighted by Gasteiger charge is 2.59. The molecule has 4 rings (SSSR count). The summed E-state index contributed by atoms with van der Waals surface area (Å²) >= 11 is 0. The molecule has 35 heavy (non-hydrogen) atoms. The number of allylic oxidation sites excluding steroid dienone is 1. The number of hydrogen-bond donors (Lipinski definition) is 1. The number of rotatable bonds is 8. The van der Waals surface area contributed by atoms with Crippen LogP contribution < -0.4 is 5.32 Å². The number of ketones is 1. The highest BCUT2D eigenvalue weighted by molar-refractivity contribution is 5.91. The second-order valence-corrected chi connectivity index (χ2v) is 12.5. The van der Waals surface area contributed by atoms with Gasteiger partial charge in [-0.25, -0.2) is 0 Å². The summed E-state index contributed by atoms with van der Waals surface area (Å²) in [6, 6.07) is 0. The Morgan fingerprint density at radius 1 is 1.09 bits per heavy atom. The van der Waals surface area contributed by atoms with Gasteiger partial charge in [0.05, 0.1) is 6.42 Å². The fourth-order valence-electron chi connectivity index (χ4n) is 8.44. The Bertz CT molecular complexity index is 867. The highest BCUT2D eigenvalue weighted by Crippen LogP contribution is 2.67. The van der Waals surface area contributed by atoms with Crippen molar-refractivity contribution in [3.05, 3.63) is 11.6 Å². The van der Waals surface area contributed by atoms with Gasteiger partial charge in [0.2, 0.25) is 5.91 Å². The Kier molecular flexibility index (Phi) is 7.80. The smallest absolute Gasteiger partial charge is 0.306 e. The summed E-state index contributed by atoms with van der Waals surface area (Å²) in [6.45, 7) is 8.32. The van der Waals surface area contributed by atoms with Crippen molar-refractivity contribution in [2.75, 3.05) is 27.2 Å². The van der Waals surface area contributed by atoms with Gasteiger partial charge in [0.1, 0.15) is 6.10 Å². The molecule has 0 spiro atoms. The van der Waals surface area contributed by atoms with Crippen LogP contribution in [0.1, 0.15) is 85.0 Å². The van der Waals surface area contributed by atoms with Crippen LogP contribution in [0.15, 0.2) is 11.6 Å². The van der Waals surface area contributed by atoms with Gasteiger partial charge in [0, 0.05) is 31.8 Å². The zero-order valence-corrected chi connectivity index (χ0v) is 22.5. The van der Waals surface area contributed by atoms with E-state index in [0.29, 0.717) is 42.4 Å². The molecule has 6 heteroatoms. The van der Waals surface area contributed by atoms with Crippen LogP contribution in [0, 0.1) is 34.5 Å². The summed E-state index contributed by atoms with van der Waals surface area (Å²) in [6.07, 6.45) is 10.9. The number of esters is 1. The van der Waals surface area contributed by atoms with Crippen LogP contribution >= 0.6 is 0 Å². The molecule has 6 nitrogen and oxygen atoms in total. The Balaban J connectivity index is 1.33.